The number of hydrogen-bond donors (Lipinski definition) is 2. The van der Waals surface area contributed by atoms with E-state index in [9.17, 15) is 4.79 Å². The zero-order chi connectivity index (χ0) is 13.0. The molecule has 0 unspecified atom stereocenters. The summed E-state index contributed by atoms with van der Waals surface area (Å²) in [6.07, 6.45) is 3.83. The minimum absolute atomic E-state index is 0.0187. The molecule has 98 valence electrons. The third-order valence-electron chi connectivity index (χ3n) is 3.59. The predicted octanol–water partition coefficient (Wildman–Crippen LogP) is 1.93. The minimum Gasteiger partial charge on any atom is -0.349 e. The molecule has 1 aromatic carbocycles. The highest BCUT2D eigenvalue weighted by atomic mass is 16.6. The summed E-state index contributed by atoms with van der Waals surface area (Å²) in [5.74, 6) is 5.19. The fraction of sp³-hybridized carbons (Fsp3) is 0.500. The summed E-state index contributed by atoms with van der Waals surface area (Å²) in [6, 6.07) is 7.88. The van der Waals surface area contributed by atoms with Crippen LogP contribution >= 0.6 is 0 Å². The molecule has 0 spiro atoms. The van der Waals surface area contributed by atoms with Crippen molar-refractivity contribution in [2.24, 2.45) is 5.90 Å². The number of benzene rings is 1. The lowest BCUT2D eigenvalue weighted by Crippen LogP contribution is -2.39. The van der Waals surface area contributed by atoms with Crippen LogP contribution in [0.4, 0.5) is 0 Å². The maximum absolute atomic E-state index is 12.1. The summed E-state index contributed by atoms with van der Waals surface area (Å²) in [5, 5.41) is 3.09. The van der Waals surface area contributed by atoms with Crippen molar-refractivity contribution in [1.82, 2.24) is 5.32 Å². The molecule has 1 saturated carbocycles. The lowest BCUT2D eigenvalue weighted by molar-refractivity contribution is 0.0217. The van der Waals surface area contributed by atoms with Gasteiger partial charge >= 0.3 is 0 Å². The molecule has 2 rings (SSSR count). The van der Waals surface area contributed by atoms with Crippen LogP contribution < -0.4 is 11.2 Å². The summed E-state index contributed by atoms with van der Waals surface area (Å²) in [5.41, 5.74) is 1.77. The molecule has 1 aromatic rings. The smallest absolute Gasteiger partial charge is 0.251 e. The van der Waals surface area contributed by atoms with Gasteiger partial charge in [-0.3, -0.25) is 4.79 Å². The number of aryl methyl sites for hydroxylation is 1. The molecule has 4 nitrogen and oxygen atoms in total. The highest BCUT2D eigenvalue weighted by Crippen LogP contribution is 2.20. The third kappa shape index (κ3) is 3.09. The minimum atomic E-state index is 0.0187. The molecule has 0 aromatic heterocycles. The summed E-state index contributed by atoms with van der Waals surface area (Å²) in [4.78, 5) is 17.0. The molecule has 18 heavy (non-hydrogen) atoms. The number of carbonyl (C=O) groups excluding carboxylic acids is 1. The molecule has 0 atom stereocenters. The van der Waals surface area contributed by atoms with Crippen LogP contribution in [-0.4, -0.2) is 18.1 Å². The van der Waals surface area contributed by atoms with Crippen LogP contribution in [0.15, 0.2) is 24.3 Å². The van der Waals surface area contributed by atoms with E-state index < -0.39 is 0 Å². The topological polar surface area (TPSA) is 64.3 Å². The van der Waals surface area contributed by atoms with Crippen LogP contribution in [-0.2, 0) is 4.84 Å². The second-order valence-corrected chi connectivity index (χ2v) is 4.90. The normalized spacial score (nSPS) is 23.7. The second-order valence-electron chi connectivity index (χ2n) is 4.90. The standard InChI is InChI=1S/C14H20N2O2/c1-10-4-2-3-5-13(10)14(17)16-11-6-8-12(18-15)9-7-11/h2-5,11-12H,6-9,15H2,1H3,(H,16,17). The van der Waals surface area contributed by atoms with E-state index in [1.807, 2.05) is 31.2 Å². The average Bonchev–Trinajstić information content (AvgIpc) is 2.40. The van der Waals surface area contributed by atoms with Gasteiger partial charge in [0.2, 0.25) is 0 Å². The molecule has 0 saturated heterocycles. The highest BCUT2D eigenvalue weighted by molar-refractivity contribution is 5.95. The highest BCUT2D eigenvalue weighted by Gasteiger charge is 2.23. The van der Waals surface area contributed by atoms with E-state index in [2.05, 4.69) is 5.32 Å². The SMILES string of the molecule is Cc1ccccc1C(=O)NC1CCC(ON)CC1. The van der Waals surface area contributed by atoms with Gasteiger partial charge in [-0.1, -0.05) is 18.2 Å². The molecule has 0 bridgehead atoms. The fourth-order valence-electron chi connectivity index (χ4n) is 2.43. The Balaban J connectivity index is 1.91. The van der Waals surface area contributed by atoms with Gasteiger partial charge < -0.3 is 10.2 Å². The van der Waals surface area contributed by atoms with Crippen LogP contribution in [0.25, 0.3) is 0 Å². The van der Waals surface area contributed by atoms with Crippen molar-refractivity contribution in [3.63, 3.8) is 0 Å². The molecule has 4 heteroatoms. The Bertz CT molecular complexity index is 412. The first kappa shape index (κ1) is 13.1. The molecule has 1 aliphatic rings. The van der Waals surface area contributed by atoms with Gasteiger partial charge in [0.05, 0.1) is 6.10 Å². The van der Waals surface area contributed by atoms with Crippen molar-refractivity contribution >= 4 is 5.91 Å². The first-order valence-electron chi connectivity index (χ1n) is 6.42. The monoisotopic (exact) mass is 248 g/mol. The quantitative estimate of drug-likeness (QED) is 0.803. The van der Waals surface area contributed by atoms with Crippen molar-refractivity contribution < 1.29 is 9.63 Å². The number of amides is 1. The van der Waals surface area contributed by atoms with Gasteiger partial charge in [0, 0.05) is 11.6 Å². The zero-order valence-corrected chi connectivity index (χ0v) is 10.7. The van der Waals surface area contributed by atoms with Crippen molar-refractivity contribution in [2.45, 2.75) is 44.8 Å². The van der Waals surface area contributed by atoms with Gasteiger partial charge in [-0.25, -0.2) is 5.90 Å². The molecular weight excluding hydrogens is 228 g/mol. The van der Waals surface area contributed by atoms with Crippen LogP contribution in [0.1, 0.15) is 41.6 Å². The Morgan fingerprint density at radius 2 is 1.94 bits per heavy atom. The predicted molar refractivity (Wildman–Crippen MR) is 70.0 cm³/mol. The fourth-order valence-corrected chi connectivity index (χ4v) is 2.43. The van der Waals surface area contributed by atoms with Gasteiger partial charge in [0.15, 0.2) is 0 Å². The van der Waals surface area contributed by atoms with Gasteiger partial charge in [0.1, 0.15) is 0 Å². The van der Waals surface area contributed by atoms with Crippen molar-refractivity contribution in [3.05, 3.63) is 35.4 Å². The Kier molecular flexibility index (Phi) is 4.33. The molecule has 3 N–H and O–H groups in total. The van der Waals surface area contributed by atoms with E-state index >= 15 is 0 Å². The van der Waals surface area contributed by atoms with Crippen molar-refractivity contribution in [2.75, 3.05) is 0 Å². The first-order valence-corrected chi connectivity index (χ1v) is 6.42. The molecule has 1 fully saturated rings. The van der Waals surface area contributed by atoms with Gasteiger partial charge in [0.25, 0.3) is 5.91 Å². The van der Waals surface area contributed by atoms with Gasteiger partial charge in [-0.15, -0.1) is 0 Å². The molecule has 0 radical (unpaired) electrons. The summed E-state index contributed by atoms with van der Waals surface area (Å²) in [7, 11) is 0. The second kappa shape index (κ2) is 5.98. The van der Waals surface area contributed by atoms with Gasteiger partial charge in [-0.05, 0) is 44.2 Å². The van der Waals surface area contributed by atoms with E-state index in [0.717, 1.165) is 36.8 Å². The van der Waals surface area contributed by atoms with Crippen LogP contribution in [0.5, 0.6) is 0 Å². The third-order valence-corrected chi connectivity index (χ3v) is 3.59. The molecule has 0 heterocycles. The molecular formula is C14H20N2O2. The molecule has 1 amide bonds. The molecule has 1 aliphatic carbocycles. The number of nitrogens with two attached hydrogens (primary N) is 1. The van der Waals surface area contributed by atoms with E-state index in [4.69, 9.17) is 10.7 Å². The van der Waals surface area contributed by atoms with E-state index in [-0.39, 0.29) is 18.1 Å². The van der Waals surface area contributed by atoms with Gasteiger partial charge in [-0.2, -0.15) is 0 Å². The Morgan fingerprint density at radius 3 is 2.56 bits per heavy atom. The number of carbonyl (C=O) groups is 1. The lowest BCUT2D eigenvalue weighted by atomic mass is 9.92. The average molecular weight is 248 g/mol. The van der Waals surface area contributed by atoms with E-state index in [1.165, 1.54) is 0 Å². The number of nitrogens with one attached hydrogen (secondary N) is 1. The lowest BCUT2D eigenvalue weighted by Gasteiger charge is -2.27. The molecule has 0 aliphatic heterocycles. The Hall–Kier alpha value is -1.39. The summed E-state index contributed by atoms with van der Waals surface area (Å²) < 4.78 is 0. The summed E-state index contributed by atoms with van der Waals surface area (Å²) in [6.45, 7) is 1.95. The van der Waals surface area contributed by atoms with E-state index in [0.29, 0.717) is 0 Å². The number of hydrogen-bond acceptors (Lipinski definition) is 3. The van der Waals surface area contributed by atoms with Crippen molar-refractivity contribution in [3.8, 4) is 0 Å². The maximum Gasteiger partial charge on any atom is 0.251 e. The van der Waals surface area contributed by atoms with Crippen LogP contribution in [0, 0.1) is 6.92 Å². The zero-order valence-electron chi connectivity index (χ0n) is 10.7. The number of rotatable bonds is 3. The summed E-state index contributed by atoms with van der Waals surface area (Å²) >= 11 is 0. The van der Waals surface area contributed by atoms with Crippen LogP contribution in [0.2, 0.25) is 0 Å². The van der Waals surface area contributed by atoms with Crippen molar-refractivity contribution in [1.29, 1.82) is 0 Å². The Labute approximate surface area is 107 Å². The first-order chi connectivity index (χ1) is 8.70. The van der Waals surface area contributed by atoms with E-state index in [1.54, 1.807) is 0 Å². The van der Waals surface area contributed by atoms with Crippen LogP contribution in [0.3, 0.4) is 0 Å². The maximum atomic E-state index is 12.1. The largest absolute Gasteiger partial charge is 0.349 e. The Morgan fingerprint density at radius 1 is 1.28 bits per heavy atom.